The number of nitrogens with one attached hydrogen (secondary N) is 1. The van der Waals surface area contributed by atoms with Crippen LogP contribution in [0.15, 0.2) is 84.4 Å². The van der Waals surface area contributed by atoms with Crippen LogP contribution in [0.3, 0.4) is 0 Å². The largest absolute Gasteiger partial charge is 0.490 e. The summed E-state index contributed by atoms with van der Waals surface area (Å²) in [6.07, 6.45) is 2.20. The first kappa shape index (κ1) is 27.0. The highest BCUT2D eigenvalue weighted by molar-refractivity contribution is 6.39. The Hall–Kier alpha value is -4.62. The van der Waals surface area contributed by atoms with E-state index in [9.17, 15) is 14.4 Å². The standard InChI is InChI=1S/C32H27ClN2O5/c1-3-20-10-13-25(14-11-20)35-31(37)26(30(36)34-32(35)38)16-22-17-27(33)29(28(18-22)39-4-2)40-19-21-9-12-23-7-5-6-8-24(23)15-21/h5-18H,3-4,19H2,1-2H3,(H,34,36,38)/b26-16-. The van der Waals surface area contributed by atoms with Crippen LogP contribution in [-0.4, -0.2) is 24.5 Å². The van der Waals surface area contributed by atoms with Crippen molar-refractivity contribution in [2.45, 2.75) is 26.9 Å². The number of ether oxygens (including phenoxy) is 2. The first-order valence-electron chi connectivity index (χ1n) is 12.9. The molecule has 0 atom stereocenters. The van der Waals surface area contributed by atoms with Gasteiger partial charge in [0.1, 0.15) is 12.2 Å². The van der Waals surface area contributed by atoms with Gasteiger partial charge in [-0.05, 0) is 77.2 Å². The van der Waals surface area contributed by atoms with Crippen LogP contribution in [0.2, 0.25) is 5.02 Å². The Morgan fingerprint density at radius 1 is 0.850 bits per heavy atom. The summed E-state index contributed by atoms with van der Waals surface area (Å²) in [4.78, 5) is 39.5. The number of urea groups is 1. The predicted molar refractivity (Wildman–Crippen MR) is 156 cm³/mol. The SMILES string of the molecule is CCOc1cc(/C=C2/C(=O)NC(=O)N(c3ccc(CC)cc3)C2=O)cc(Cl)c1OCc1ccc2ccccc2c1. The number of fused-ring (bicyclic) bond motifs is 1. The number of hydrogen-bond donors (Lipinski definition) is 1. The predicted octanol–water partition coefficient (Wildman–Crippen LogP) is 6.70. The number of aryl methyl sites for hydroxylation is 1. The smallest absolute Gasteiger partial charge is 0.335 e. The van der Waals surface area contributed by atoms with Gasteiger partial charge in [0.15, 0.2) is 11.5 Å². The average Bonchev–Trinajstić information content (AvgIpc) is 2.95. The maximum atomic E-state index is 13.3. The van der Waals surface area contributed by atoms with Crippen LogP contribution in [0, 0.1) is 0 Å². The first-order valence-corrected chi connectivity index (χ1v) is 13.3. The van der Waals surface area contributed by atoms with Crippen LogP contribution in [0.5, 0.6) is 11.5 Å². The highest BCUT2D eigenvalue weighted by Gasteiger charge is 2.36. The number of rotatable bonds is 8. The van der Waals surface area contributed by atoms with Gasteiger partial charge in [-0.15, -0.1) is 0 Å². The number of anilines is 1. The molecule has 0 bridgehead atoms. The monoisotopic (exact) mass is 554 g/mol. The molecule has 0 radical (unpaired) electrons. The zero-order valence-electron chi connectivity index (χ0n) is 22.1. The van der Waals surface area contributed by atoms with Crippen LogP contribution >= 0.6 is 11.6 Å². The van der Waals surface area contributed by atoms with Gasteiger partial charge in [-0.1, -0.05) is 67.1 Å². The highest BCUT2D eigenvalue weighted by atomic mass is 35.5. The fraction of sp³-hybridized carbons (Fsp3) is 0.156. The number of carbonyl (C=O) groups excluding carboxylic acids is 3. The van der Waals surface area contributed by atoms with Crippen LogP contribution in [0.25, 0.3) is 16.8 Å². The molecule has 0 aromatic heterocycles. The van der Waals surface area contributed by atoms with Crippen molar-refractivity contribution < 1.29 is 23.9 Å². The van der Waals surface area contributed by atoms with E-state index < -0.39 is 17.8 Å². The Labute approximate surface area is 237 Å². The molecule has 40 heavy (non-hydrogen) atoms. The second kappa shape index (κ2) is 11.6. The lowest BCUT2D eigenvalue weighted by Crippen LogP contribution is -2.54. The van der Waals surface area contributed by atoms with E-state index >= 15 is 0 Å². The van der Waals surface area contributed by atoms with Gasteiger partial charge in [-0.25, -0.2) is 9.69 Å². The lowest BCUT2D eigenvalue weighted by atomic mass is 10.1. The molecule has 1 aliphatic rings. The maximum absolute atomic E-state index is 13.3. The van der Waals surface area contributed by atoms with Gasteiger partial charge in [0.2, 0.25) is 0 Å². The van der Waals surface area contributed by atoms with E-state index in [2.05, 4.69) is 11.4 Å². The Kier molecular flexibility index (Phi) is 7.84. The molecule has 8 heteroatoms. The number of halogens is 1. The van der Waals surface area contributed by atoms with Gasteiger partial charge in [0.25, 0.3) is 11.8 Å². The van der Waals surface area contributed by atoms with Crippen molar-refractivity contribution in [1.82, 2.24) is 5.32 Å². The van der Waals surface area contributed by atoms with Crippen molar-refractivity contribution in [2.24, 2.45) is 0 Å². The van der Waals surface area contributed by atoms with Gasteiger partial charge < -0.3 is 9.47 Å². The van der Waals surface area contributed by atoms with Crippen molar-refractivity contribution in [3.8, 4) is 11.5 Å². The summed E-state index contributed by atoms with van der Waals surface area (Å²) < 4.78 is 11.9. The van der Waals surface area contributed by atoms with Crippen LogP contribution in [0.4, 0.5) is 10.5 Å². The molecule has 1 fully saturated rings. The molecular weight excluding hydrogens is 528 g/mol. The van der Waals surface area contributed by atoms with Gasteiger partial charge in [-0.3, -0.25) is 14.9 Å². The average molecular weight is 555 g/mol. The number of benzene rings is 4. The molecule has 1 saturated heterocycles. The summed E-state index contributed by atoms with van der Waals surface area (Å²) in [5, 5.41) is 4.74. The van der Waals surface area contributed by atoms with Crippen LogP contribution in [-0.2, 0) is 22.6 Å². The molecule has 1 heterocycles. The van der Waals surface area contributed by atoms with E-state index in [4.69, 9.17) is 21.1 Å². The molecule has 202 valence electrons. The number of barbiturate groups is 1. The fourth-order valence-electron chi connectivity index (χ4n) is 4.50. The van der Waals surface area contributed by atoms with E-state index in [0.29, 0.717) is 29.4 Å². The number of carbonyl (C=O) groups is 3. The number of nitrogens with zero attached hydrogens (tertiary/aromatic N) is 1. The molecule has 0 unspecified atom stereocenters. The number of hydrogen-bond acceptors (Lipinski definition) is 5. The quantitative estimate of drug-likeness (QED) is 0.193. The van der Waals surface area contributed by atoms with Crippen molar-refractivity contribution >= 4 is 52.0 Å². The van der Waals surface area contributed by atoms with Gasteiger partial charge in [-0.2, -0.15) is 0 Å². The van der Waals surface area contributed by atoms with E-state index in [1.165, 1.54) is 6.08 Å². The zero-order valence-corrected chi connectivity index (χ0v) is 22.8. The Bertz CT molecular complexity index is 1650. The molecule has 7 nitrogen and oxygen atoms in total. The van der Waals surface area contributed by atoms with E-state index in [1.54, 1.807) is 24.3 Å². The van der Waals surface area contributed by atoms with Crippen LogP contribution in [0.1, 0.15) is 30.5 Å². The maximum Gasteiger partial charge on any atom is 0.335 e. The number of imide groups is 2. The summed E-state index contributed by atoms with van der Waals surface area (Å²) in [5.41, 5.74) is 2.62. The minimum Gasteiger partial charge on any atom is -0.490 e. The Morgan fingerprint density at radius 2 is 1.57 bits per heavy atom. The molecular formula is C32H27ClN2O5. The second-order valence-corrected chi connectivity index (χ2v) is 9.62. The summed E-state index contributed by atoms with van der Waals surface area (Å²) in [7, 11) is 0. The van der Waals surface area contributed by atoms with Gasteiger partial charge in [0.05, 0.1) is 17.3 Å². The van der Waals surface area contributed by atoms with Crippen molar-refractivity contribution in [3.05, 3.63) is 106 Å². The lowest BCUT2D eigenvalue weighted by Gasteiger charge is -2.26. The van der Waals surface area contributed by atoms with Gasteiger partial charge >= 0.3 is 6.03 Å². The normalized spacial score (nSPS) is 14.5. The number of amides is 4. The third-order valence-electron chi connectivity index (χ3n) is 6.54. The summed E-state index contributed by atoms with van der Waals surface area (Å²) in [6.45, 7) is 4.45. The summed E-state index contributed by atoms with van der Waals surface area (Å²) in [6, 6.07) is 23.6. The lowest BCUT2D eigenvalue weighted by molar-refractivity contribution is -0.122. The van der Waals surface area contributed by atoms with Crippen molar-refractivity contribution in [2.75, 3.05) is 11.5 Å². The van der Waals surface area contributed by atoms with E-state index in [-0.39, 0.29) is 17.2 Å². The van der Waals surface area contributed by atoms with Crippen LogP contribution < -0.4 is 19.7 Å². The minimum atomic E-state index is -0.804. The molecule has 4 aromatic rings. The van der Waals surface area contributed by atoms with Crippen molar-refractivity contribution in [1.29, 1.82) is 0 Å². The molecule has 1 aliphatic heterocycles. The zero-order chi connectivity index (χ0) is 28.2. The second-order valence-electron chi connectivity index (χ2n) is 9.21. The topological polar surface area (TPSA) is 84.9 Å². The third-order valence-corrected chi connectivity index (χ3v) is 6.82. The van der Waals surface area contributed by atoms with Gasteiger partial charge in [0, 0.05) is 0 Å². The Morgan fingerprint density at radius 3 is 2.30 bits per heavy atom. The fourth-order valence-corrected chi connectivity index (χ4v) is 4.77. The molecule has 0 saturated carbocycles. The Balaban J connectivity index is 1.43. The molecule has 0 spiro atoms. The molecule has 4 aromatic carbocycles. The van der Waals surface area contributed by atoms with E-state index in [1.807, 2.05) is 62.4 Å². The molecule has 4 amide bonds. The van der Waals surface area contributed by atoms with Crippen molar-refractivity contribution in [3.63, 3.8) is 0 Å². The molecule has 0 aliphatic carbocycles. The summed E-state index contributed by atoms with van der Waals surface area (Å²) in [5.74, 6) is -0.800. The van der Waals surface area contributed by atoms with E-state index in [0.717, 1.165) is 33.2 Å². The molecule has 5 rings (SSSR count). The first-order chi connectivity index (χ1) is 19.4. The third kappa shape index (κ3) is 5.55. The summed E-state index contributed by atoms with van der Waals surface area (Å²) >= 11 is 6.61. The highest BCUT2D eigenvalue weighted by Crippen LogP contribution is 2.38. The molecule has 1 N–H and O–H groups in total. The minimum absolute atomic E-state index is 0.206.